The summed E-state index contributed by atoms with van der Waals surface area (Å²) in [4.78, 5) is 0. The number of rotatable bonds is 2. The summed E-state index contributed by atoms with van der Waals surface area (Å²) < 4.78 is 0. The predicted molar refractivity (Wildman–Crippen MR) is 61.4 cm³/mol. The first kappa shape index (κ1) is 10.7. The van der Waals surface area contributed by atoms with E-state index >= 15 is 0 Å². The molecule has 0 saturated heterocycles. The van der Waals surface area contributed by atoms with Crippen LogP contribution in [-0.2, 0) is 11.1 Å². The van der Waals surface area contributed by atoms with Crippen molar-refractivity contribution in [1.82, 2.24) is 0 Å². The van der Waals surface area contributed by atoms with Crippen molar-refractivity contribution >= 4 is 0 Å². The molecule has 0 bridgehead atoms. The summed E-state index contributed by atoms with van der Waals surface area (Å²) in [6.45, 7) is 3.63. The number of aliphatic hydroxyl groups is 1. The number of nitrogens with two attached hydrogens (primary N) is 1. The Morgan fingerprint density at radius 2 is 1.87 bits per heavy atom. The SMILES string of the molecule is CC(C)(O)c1ccccc1C1(N)CCC1. The van der Waals surface area contributed by atoms with Crippen LogP contribution in [0.1, 0.15) is 44.2 Å². The third-order valence-electron chi connectivity index (χ3n) is 3.37. The van der Waals surface area contributed by atoms with E-state index in [1.54, 1.807) is 0 Å². The molecule has 1 saturated carbocycles. The molecule has 1 fully saturated rings. The molecule has 1 aliphatic rings. The van der Waals surface area contributed by atoms with Crippen LogP contribution in [0.3, 0.4) is 0 Å². The van der Waals surface area contributed by atoms with Gasteiger partial charge in [0.25, 0.3) is 0 Å². The van der Waals surface area contributed by atoms with Crippen molar-refractivity contribution in [1.29, 1.82) is 0 Å². The van der Waals surface area contributed by atoms with E-state index in [4.69, 9.17) is 5.73 Å². The molecule has 2 rings (SSSR count). The van der Waals surface area contributed by atoms with Crippen molar-refractivity contribution < 1.29 is 5.11 Å². The first-order valence-electron chi connectivity index (χ1n) is 5.55. The molecule has 0 unspecified atom stereocenters. The Kier molecular flexibility index (Phi) is 2.36. The van der Waals surface area contributed by atoms with Gasteiger partial charge in [0.1, 0.15) is 0 Å². The Morgan fingerprint density at radius 3 is 2.33 bits per heavy atom. The lowest BCUT2D eigenvalue weighted by Crippen LogP contribution is -2.45. The third-order valence-corrected chi connectivity index (χ3v) is 3.37. The van der Waals surface area contributed by atoms with Crippen molar-refractivity contribution in [3.05, 3.63) is 35.4 Å². The van der Waals surface area contributed by atoms with Gasteiger partial charge in [0.05, 0.1) is 5.60 Å². The molecule has 0 atom stereocenters. The fraction of sp³-hybridized carbons (Fsp3) is 0.538. The molecule has 1 aliphatic carbocycles. The molecule has 0 spiro atoms. The van der Waals surface area contributed by atoms with E-state index in [2.05, 4.69) is 0 Å². The molecular formula is C13H19NO. The number of hydrogen-bond acceptors (Lipinski definition) is 2. The summed E-state index contributed by atoms with van der Waals surface area (Å²) >= 11 is 0. The summed E-state index contributed by atoms with van der Waals surface area (Å²) in [7, 11) is 0. The average molecular weight is 205 g/mol. The molecule has 0 amide bonds. The number of benzene rings is 1. The van der Waals surface area contributed by atoms with E-state index < -0.39 is 5.60 Å². The largest absolute Gasteiger partial charge is 0.386 e. The van der Waals surface area contributed by atoms with Gasteiger partial charge in [0.2, 0.25) is 0 Å². The molecule has 82 valence electrons. The maximum absolute atomic E-state index is 10.1. The maximum atomic E-state index is 10.1. The van der Waals surface area contributed by atoms with E-state index in [1.807, 2.05) is 38.1 Å². The minimum atomic E-state index is -0.807. The quantitative estimate of drug-likeness (QED) is 0.778. The van der Waals surface area contributed by atoms with Gasteiger partial charge in [0, 0.05) is 5.54 Å². The zero-order chi connectivity index (χ0) is 11.1. The Bertz CT molecular complexity index is 361. The van der Waals surface area contributed by atoms with Gasteiger partial charge < -0.3 is 10.8 Å². The van der Waals surface area contributed by atoms with Crippen molar-refractivity contribution in [3.8, 4) is 0 Å². The van der Waals surface area contributed by atoms with Crippen molar-refractivity contribution in [2.24, 2.45) is 5.73 Å². The Hall–Kier alpha value is -0.860. The molecular weight excluding hydrogens is 186 g/mol. The van der Waals surface area contributed by atoms with Crippen molar-refractivity contribution in [3.63, 3.8) is 0 Å². The Morgan fingerprint density at radius 1 is 1.27 bits per heavy atom. The van der Waals surface area contributed by atoms with Crippen LogP contribution in [0.15, 0.2) is 24.3 Å². The van der Waals surface area contributed by atoms with Crippen LogP contribution >= 0.6 is 0 Å². The maximum Gasteiger partial charge on any atom is 0.0843 e. The minimum Gasteiger partial charge on any atom is -0.386 e. The van der Waals surface area contributed by atoms with Gasteiger partial charge in [0.15, 0.2) is 0 Å². The molecule has 1 aromatic rings. The third kappa shape index (κ3) is 1.80. The Balaban J connectivity index is 2.47. The van der Waals surface area contributed by atoms with Crippen LogP contribution in [0.4, 0.5) is 0 Å². The second-order valence-electron chi connectivity index (χ2n) is 5.11. The molecule has 2 heteroatoms. The number of hydrogen-bond donors (Lipinski definition) is 2. The van der Waals surface area contributed by atoms with E-state index in [0.717, 1.165) is 24.0 Å². The van der Waals surface area contributed by atoms with Gasteiger partial charge >= 0.3 is 0 Å². The fourth-order valence-corrected chi connectivity index (χ4v) is 2.28. The van der Waals surface area contributed by atoms with E-state index in [0.29, 0.717) is 0 Å². The van der Waals surface area contributed by atoms with Gasteiger partial charge in [-0.3, -0.25) is 0 Å². The normalized spacial score (nSPS) is 19.7. The summed E-state index contributed by atoms with van der Waals surface area (Å²) in [5.41, 5.74) is 7.39. The van der Waals surface area contributed by atoms with E-state index in [1.165, 1.54) is 6.42 Å². The average Bonchev–Trinajstić information content (AvgIpc) is 2.13. The van der Waals surface area contributed by atoms with Gasteiger partial charge in [-0.25, -0.2) is 0 Å². The molecule has 1 aromatic carbocycles. The predicted octanol–water partition coefficient (Wildman–Crippen LogP) is 2.25. The summed E-state index contributed by atoms with van der Waals surface area (Å²) in [6, 6.07) is 7.98. The second kappa shape index (κ2) is 3.32. The van der Waals surface area contributed by atoms with Gasteiger partial charge in [-0.05, 0) is 44.2 Å². The highest BCUT2D eigenvalue weighted by atomic mass is 16.3. The molecule has 2 nitrogen and oxygen atoms in total. The van der Waals surface area contributed by atoms with E-state index in [-0.39, 0.29) is 5.54 Å². The highest BCUT2D eigenvalue weighted by Crippen LogP contribution is 2.42. The zero-order valence-corrected chi connectivity index (χ0v) is 9.46. The Labute approximate surface area is 91.1 Å². The monoisotopic (exact) mass is 205 g/mol. The molecule has 0 heterocycles. The second-order valence-corrected chi connectivity index (χ2v) is 5.11. The van der Waals surface area contributed by atoms with Gasteiger partial charge in [-0.1, -0.05) is 24.3 Å². The molecule has 15 heavy (non-hydrogen) atoms. The first-order chi connectivity index (χ1) is 6.93. The standard InChI is InChI=1S/C13H19NO/c1-12(2,15)10-6-3-4-7-11(10)13(14)8-5-9-13/h3-4,6-7,15H,5,8-9,14H2,1-2H3. The van der Waals surface area contributed by atoms with Crippen LogP contribution in [0.5, 0.6) is 0 Å². The fourth-order valence-electron chi connectivity index (χ4n) is 2.28. The smallest absolute Gasteiger partial charge is 0.0843 e. The summed E-state index contributed by atoms with van der Waals surface area (Å²) in [6.07, 6.45) is 3.25. The molecule has 0 aromatic heterocycles. The van der Waals surface area contributed by atoms with Crippen LogP contribution < -0.4 is 5.73 Å². The zero-order valence-electron chi connectivity index (χ0n) is 9.46. The summed E-state index contributed by atoms with van der Waals surface area (Å²) in [5.74, 6) is 0. The first-order valence-corrected chi connectivity index (χ1v) is 5.55. The van der Waals surface area contributed by atoms with Crippen LogP contribution in [0.2, 0.25) is 0 Å². The summed E-state index contributed by atoms with van der Waals surface area (Å²) in [5, 5.41) is 10.1. The van der Waals surface area contributed by atoms with Crippen LogP contribution in [-0.4, -0.2) is 5.11 Å². The topological polar surface area (TPSA) is 46.2 Å². The highest BCUT2D eigenvalue weighted by Gasteiger charge is 2.38. The molecule has 0 radical (unpaired) electrons. The van der Waals surface area contributed by atoms with Crippen molar-refractivity contribution in [2.75, 3.05) is 0 Å². The lowest BCUT2D eigenvalue weighted by atomic mass is 9.69. The lowest BCUT2D eigenvalue weighted by Gasteiger charge is -2.41. The molecule has 0 aliphatic heterocycles. The van der Waals surface area contributed by atoms with Gasteiger partial charge in [-0.15, -0.1) is 0 Å². The van der Waals surface area contributed by atoms with Gasteiger partial charge in [-0.2, -0.15) is 0 Å². The molecule has 3 N–H and O–H groups in total. The van der Waals surface area contributed by atoms with Crippen LogP contribution in [0.25, 0.3) is 0 Å². The van der Waals surface area contributed by atoms with Crippen molar-refractivity contribution in [2.45, 2.75) is 44.2 Å². The minimum absolute atomic E-state index is 0.198. The highest BCUT2D eigenvalue weighted by molar-refractivity contribution is 5.38. The lowest BCUT2D eigenvalue weighted by molar-refractivity contribution is 0.0742. The van der Waals surface area contributed by atoms with E-state index in [9.17, 15) is 5.11 Å². The van der Waals surface area contributed by atoms with Crippen LogP contribution in [0, 0.1) is 0 Å².